The van der Waals surface area contributed by atoms with Gasteiger partial charge >= 0.3 is 29.8 Å². The summed E-state index contributed by atoms with van der Waals surface area (Å²) in [7, 11) is 1.33. The van der Waals surface area contributed by atoms with Crippen LogP contribution < -0.4 is 0 Å². The van der Waals surface area contributed by atoms with E-state index in [0.717, 1.165) is 24.3 Å². The summed E-state index contributed by atoms with van der Waals surface area (Å²) in [5.41, 5.74) is 0.433. The molecule has 0 aromatic rings. The van der Waals surface area contributed by atoms with Crippen molar-refractivity contribution in [2.24, 2.45) is 0 Å². The number of hydrogen-bond acceptors (Lipinski definition) is 6. The Kier molecular flexibility index (Phi) is 43.7. The van der Waals surface area contributed by atoms with Crippen LogP contribution in [0.5, 0.6) is 0 Å². The highest BCUT2D eigenvalue weighted by Gasteiger charge is 1.95. The average molecular weight is 420 g/mol. The number of carboxylic acids is 4. The van der Waals surface area contributed by atoms with Gasteiger partial charge in [-0.2, -0.15) is 0 Å². The number of rotatable bonds is 5. The zero-order valence-corrected chi connectivity index (χ0v) is 15.1. The van der Waals surface area contributed by atoms with Gasteiger partial charge in [-0.1, -0.05) is 32.9 Å². The van der Waals surface area contributed by atoms with E-state index in [1.165, 1.54) is 7.11 Å². The third-order valence-electron chi connectivity index (χ3n) is 1.23. The molecule has 160 valence electrons. The minimum Gasteiger partial charge on any atom is -0.478 e. The lowest BCUT2D eigenvalue weighted by Gasteiger charge is -1.91. The van der Waals surface area contributed by atoms with E-state index >= 15 is 0 Å². The minimum absolute atomic E-state index is 0. The van der Waals surface area contributed by atoms with Crippen molar-refractivity contribution in [3.63, 3.8) is 0 Å². The van der Waals surface area contributed by atoms with Gasteiger partial charge in [-0.15, -0.1) is 0 Å². The smallest absolute Gasteiger partial charge is 0.332 e. The van der Waals surface area contributed by atoms with Gasteiger partial charge in [0.1, 0.15) is 0 Å². The monoisotopic (exact) mass is 420 g/mol. The predicted octanol–water partition coefficient (Wildman–Crippen LogP) is 0.312. The molecule has 0 amide bonds. The lowest BCUT2D eigenvalue weighted by molar-refractivity contribution is -0.136. The van der Waals surface area contributed by atoms with Crippen molar-refractivity contribution in [2.45, 2.75) is 6.92 Å². The SMILES string of the molecule is C=C(C)C(=O)OC.C=CC(=O)O.C=CC(=O)O.C=CC(=O)O.C=CC(=O)O.[SiH4]. The van der Waals surface area contributed by atoms with Crippen LogP contribution in [0, 0.1) is 0 Å². The Labute approximate surface area is 167 Å². The number of carboxylic acid groups (broad SMARTS) is 4. The molecule has 0 saturated carbocycles. The number of hydrogen-bond donors (Lipinski definition) is 4. The fourth-order valence-corrected chi connectivity index (χ4v) is 0.174. The van der Waals surface area contributed by atoms with Crippen molar-refractivity contribution in [1.29, 1.82) is 0 Å². The van der Waals surface area contributed by atoms with Crippen LogP contribution in [-0.2, 0) is 28.7 Å². The standard InChI is InChI=1S/C5H8O2.4C3H4O2.H4Si/c1-4(2)5(6)7-3;4*1-2-3(4)5;/h1H2,2-3H3;4*2H,1H2,(H,4,5);1H4. The minimum atomic E-state index is -0.981. The number of esters is 1. The molecule has 28 heavy (non-hydrogen) atoms. The maximum atomic E-state index is 10.2. The zero-order valence-electron chi connectivity index (χ0n) is 15.1. The molecule has 0 bridgehead atoms. The van der Waals surface area contributed by atoms with Gasteiger partial charge in [0.2, 0.25) is 0 Å². The molecule has 0 radical (unpaired) electrons. The van der Waals surface area contributed by atoms with Crippen LogP contribution in [0.2, 0.25) is 0 Å². The van der Waals surface area contributed by atoms with Crippen molar-refractivity contribution in [3.8, 4) is 0 Å². The fourth-order valence-electron chi connectivity index (χ4n) is 0.174. The van der Waals surface area contributed by atoms with Gasteiger partial charge < -0.3 is 25.2 Å². The molecule has 0 aromatic carbocycles. The first-order chi connectivity index (χ1) is 12.3. The number of aliphatic carboxylic acids is 4. The molecule has 0 saturated heterocycles. The van der Waals surface area contributed by atoms with Gasteiger partial charge in [0.05, 0.1) is 7.11 Å². The van der Waals surface area contributed by atoms with Crippen molar-refractivity contribution in [2.75, 3.05) is 7.11 Å². The van der Waals surface area contributed by atoms with Crippen LogP contribution in [0.3, 0.4) is 0 Å². The molecular formula is C17H28O10Si. The second-order valence-electron chi connectivity index (χ2n) is 3.44. The van der Waals surface area contributed by atoms with Crippen LogP contribution in [0.1, 0.15) is 6.92 Å². The Hall–Kier alpha value is -3.73. The summed E-state index contributed by atoms with van der Waals surface area (Å²) in [5, 5.41) is 30.4. The molecule has 0 heterocycles. The molecular weight excluding hydrogens is 392 g/mol. The van der Waals surface area contributed by atoms with Crippen molar-refractivity contribution < 1.29 is 49.1 Å². The molecule has 10 nitrogen and oxygen atoms in total. The highest BCUT2D eigenvalue weighted by atomic mass is 28.1. The fraction of sp³-hybridized carbons (Fsp3) is 0.118. The van der Waals surface area contributed by atoms with Gasteiger partial charge in [-0.3, -0.25) is 0 Å². The number of ether oxygens (including phenoxy) is 1. The molecule has 0 spiro atoms. The van der Waals surface area contributed by atoms with E-state index < -0.39 is 23.9 Å². The first-order valence-corrected chi connectivity index (χ1v) is 6.42. The Balaban J connectivity index is -0.0000000540. The molecule has 0 fully saturated rings. The van der Waals surface area contributed by atoms with E-state index in [1.54, 1.807) is 6.92 Å². The highest BCUT2D eigenvalue weighted by Crippen LogP contribution is 1.87. The van der Waals surface area contributed by atoms with E-state index in [2.05, 4.69) is 37.6 Å². The molecule has 0 atom stereocenters. The summed E-state index contributed by atoms with van der Waals surface area (Å²) in [6.45, 7) is 16.8. The van der Waals surface area contributed by atoms with Crippen molar-refractivity contribution in [1.82, 2.24) is 0 Å². The number of carbonyl (C=O) groups is 5. The first-order valence-electron chi connectivity index (χ1n) is 6.42. The molecule has 0 rings (SSSR count). The summed E-state index contributed by atoms with van der Waals surface area (Å²) in [6, 6.07) is 0. The Morgan fingerprint density at radius 1 is 0.679 bits per heavy atom. The van der Waals surface area contributed by atoms with Crippen molar-refractivity contribution >= 4 is 40.8 Å². The van der Waals surface area contributed by atoms with E-state index in [4.69, 9.17) is 20.4 Å². The summed E-state index contributed by atoms with van der Waals surface area (Å²) >= 11 is 0. The normalized spacial score (nSPS) is 6.50. The van der Waals surface area contributed by atoms with Gasteiger partial charge in [0.15, 0.2) is 0 Å². The summed E-state index contributed by atoms with van der Waals surface area (Å²) < 4.78 is 4.27. The maximum Gasteiger partial charge on any atom is 0.332 e. The van der Waals surface area contributed by atoms with Crippen LogP contribution in [0.4, 0.5) is 0 Å². The van der Waals surface area contributed by atoms with Crippen LogP contribution >= 0.6 is 0 Å². The van der Waals surface area contributed by atoms with Crippen LogP contribution in [0.15, 0.2) is 62.8 Å². The molecule has 11 heteroatoms. The number of carbonyl (C=O) groups excluding carboxylic acids is 1. The van der Waals surface area contributed by atoms with E-state index in [0.29, 0.717) is 5.57 Å². The first kappa shape index (κ1) is 39.4. The lowest BCUT2D eigenvalue weighted by atomic mass is 10.4. The van der Waals surface area contributed by atoms with Crippen molar-refractivity contribution in [3.05, 3.63) is 62.8 Å². The zero-order chi connectivity index (χ0) is 23.0. The molecule has 0 unspecified atom stereocenters. The van der Waals surface area contributed by atoms with E-state index in [9.17, 15) is 24.0 Å². The third kappa shape index (κ3) is 95.5. The summed E-state index contributed by atoms with van der Waals surface area (Å²) in [6.07, 6.45) is 3.33. The summed E-state index contributed by atoms with van der Waals surface area (Å²) in [4.78, 5) is 47.2. The Morgan fingerprint density at radius 2 is 0.821 bits per heavy atom. The Bertz CT molecular complexity index is 478. The van der Waals surface area contributed by atoms with Gasteiger partial charge in [-0.25, -0.2) is 24.0 Å². The maximum absolute atomic E-state index is 10.2. The molecule has 0 aliphatic rings. The third-order valence-corrected chi connectivity index (χ3v) is 1.23. The molecule has 0 aliphatic heterocycles. The second-order valence-corrected chi connectivity index (χ2v) is 3.44. The lowest BCUT2D eigenvalue weighted by Crippen LogP contribution is -1.98. The van der Waals surface area contributed by atoms with Gasteiger partial charge in [-0.05, 0) is 17.9 Å². The predicted molar refractivity (Wildman–Crippen MR) is 109 cm³/mol. The van der Waals surface area contributed by atoms with E-state index in [-0.39, 0.29) is 16.9 Å². The topological polar surface area (TPSA) is 176 Å². The highest BCUT2D eigenvalue weighted by molar-refractivity contribution is 5.86. The average Bonchev–Trinajstić information content (AvgIpc) is 2.62. The molecule has 0 aromatic heterocycles. The van der Waals surface area contributed by atoms with E-state index in [1.807, 2.05) is 0 Å². The van der Waals surface area contributed by atoms with Crippen LogP contribution in [0.25, 0.3) is 0 Å². The van der Waals surface area contributed by atoms with Crippen LogP contribution in [-0.4, -0.2) is 68.3 Å². The number of methoxy groups -OCH3 is 1. The molecule has 0 aliphatic carbocycles. The van der Waals surface area contributed by atoms with Gasteiger partial charge in [0, 0.05) is 29.9 Å². The largest absolute Gasteiger partial charge is 0.478 e. The summed E-state index contributed by atoms with van der Waals surface area (Å²) in [5.74, 6) is -4.27. The van der Waals surface area contributed by atoms with Gasteiger partial charge in [0.25, 0.3) is 0 Å². The quantitative estimate of drug-likeness (QED) is 0.275. The Morgan fingerprint density at radius 3 is 0.821 bits per heavy atom. The molecule has 4 N–H and O–H groups in total. The second kappa shape index (κ2) is 31.1.